The standard InChI is InChI=1S/C34H34F9N5O5/c1-2-23-17-26(30-25(6-7-27(45-30)34(41,42)43)48(23)31(51)53-11-3-4-29(49)50)47(28-8-5-24(18-44-28)46-9-12-52-13-10-46)19-20-14-21(32(35,36)37)16-22(15-20)33(38,39)40/h5-8,14-16,18,23,26H,2-4,9-13,17,19H2,1H3,(H,49,50)/t23-,26-/m1/s1. The average Bonchev–Trinajstić information content (AvgIpc) is 3.10. The van der Waals surface area contributed by atoms with Crippen LogP contribution in [0.5, 0.6) is 0 Å². The summed E-state index contributed by atoms with van der Waals surface area (Å²) < 4.78 is 136. The number of amides is 1. The van der Waals surface area contributed by atoms with Crippen molar-refractivity contribution in [2.75, 3.05) is 47.6 Å². The Balaban J connectivity index is 1.65. The average molecular weight is 764 g/mol. The summed E-state index contributed by atoms with van der Waals surface area (Å²) in [4.78, 5) is 37.0. The van der Waals surface area contributed by atoms with Crippen molar-refractivity contribution in [1.29, 1.82) is 0 Å². The molecule has 0 unspecified atom stereocenters. The molecule has 0 radical (unpaired) electrons. The number of carboxylic acids is 1. The number of aromatic nitrogens is 2. The molecular formula is C34H34F9N5O5. The molecule has 2 aromatic heterocycles. The van der Waals surface area contributed by atoms with E-state index in [1.54, 1.807) is 13.0 Å². The van der Waals surface area contributed by atoms with Crippen LogP contribution in [0.3, 0.4) is 0 Å². The molecule has 53 heavy (non-hydrogen) atoms. The SMILES string of the molecule is CC[C@@H]1C[C@@H](N(Cc2cc(C(F)(F)F)cc(C(F)(F)F)c2)c2ccc(N3CCOCC3)cn2)c2nc(C(F)(F)F)ccc2N1C(=O)OCCCC(=O)O. The third kappa shape index (κ3) is 9.41. The van der Waals surface area contributed by atoms with Crippen molar-refractivity contribution >= 4 is 29.3 Å². The van der Waals surface area contributed by atoms with E-state index in [-0.39, 0.29) is 55.6 Å². The maximum atomic E-state index is 14.1. The van der Waals surface area contributed by atoms with Crippen LogP contribution in [0.4, 0.5) is 61.5 Å². The molecule has 0 spiro atoms. The quantitative estimate of drug-likeness (QED) is 0.162. The Morgan fingerprint density at radius 1 is 0.943 bits per heavy atom. The number of fused-ring (bicyclic) bond motifs is 1. The van der Waals surface area contributed by atoms with Crippen molar-refractivity contribution in [3.8, 4) is 0 Å². The maximum Gasteiger partial charge on any atom is 0.433 e. The molecule has 1 fully saturated rings. The topological polar surface area (TPSA) is 108 Å². The Hall–Kier alpha value is -4.81. The Kier molecular flexibility index (Phi) is 11.6. The first kappa shape index (κ1) is 39.4. The third-order valence-corrected chi connectivity index (χ3v) is 8.84. The van der Waals surface area contributed by atoms with Gasteiger partial charge in [0, 0.05) is 32.1 Å². The normalized spacial score (nSPS) is 18.1. The van der Waals surface area contributed by atoms with Crippen LogP contribution in [0.1, 0.15) is 66.7 Å². The highest BCUT2D eigenvalue weighted by Crippen LogP contribution is 2.45. The van der Waals surface area contributed by atoms with E-state index < -0.39 is 71.6 Å². The molecule has 1 N–H and O–H groups in total. The monoisotopic (exact) mass is 763 g/mol. The smallest absolute Gasteiger partial charge is 0.433 e. The van der Waals surface area contributed by atoms with Crippen LogP contribution in [0.2, 0.25) is 0 Å². The van der Waals surface area contributed by atoms with Crippen molar-refractivity contribution in [3.05, 3.63) is 76.7 Å². The molecule has 288 valence electrons. The van der Waals surface area contributed by atoms with E-state index in [0.717, 1.165) is 11.0 Å². The predicted octanol–water partition coefficient (Wildman–Crippen LogP) is 8.11. The molecular weight excluding hydrogens is 729 g/mol. The fourth-order valence-corrected chi connectivity index (χ4v) is 6.28. The van der Waals surface area contributed by atoms with Gasteiger partial charge >= 0.3 is 30.6 Å². The van der Waals surface area contributed by atoms with Crippen molar-refractivity contribution in [2.45, 2.75) is 69.8 Å². The highest BCUT2D eigenvalue weighted by Gasteiger charge is 2.43. The molecule has 0 aliphatic carbocycles. The lowest BCUT2D eigenvalue weighted by atomic mass is 9.91. The van der Waals surface area contributed by atoms with Crippen LogP contribution in [0, 0.1) is 0 Å². The molecule has 10 nitrogen and oxygen atoms in total. The van der Waals surface area contributed by atoms with Crippen LogP contribution in [0.25, 0.3) is 0 Å². The molecule has 0 bridgehead atoms. The van der Waals surface area contributed by atoms with E-state index in [0.29, 0.717) is 50.2 Å². The van der Waals surface area contributed by atoms with Crippen LogP contribution >= 0.6 is 0 Å². The van der Waals surface area contributed by atoms with E-state index in [1.807, 2.05) is 4.90 Å². The highest BCUT2D eigenvalue weighted by molar-refractivity contribution is 5.90. The first-order valence-electron chi connectivity index (χ1n) is 16.5. The van der Waals surface area contributed by atoms with Gasteiger partial charge in [0.05, 0.1) is 60.3 Å². The minimum atomic E-state index is -5.17. The Morgan fingerprint density at radius 2 is 1.60 bits per heavy atom. The number of halogens is 9. The third-order valence-electron chi connectivity index (χ3n) is 8.84. The molecule has 2 aliphatic rings. The van der Waals surface area contributed by atoms with Gasteiger partial charge in [0.25, 0.3) is 0 Å². The Bertz CT molecular complexity index is 1730. The molecule has 0 saturated carbocycles. The van der Waals surface area contributed by atoms with Crippen LogP contribution in [0.15, 0.2) is 48.7 Å². The second kappa shape index (κ2) is 15.7. The molecule has 3 aromatic rings. The van der Waals surface area contributed by atoms with Gasteiger partial charge in [-0.1, -0.05) is 6.92 Å². The van der Waals surface area contributed by atoms with Crippen molar-refractivity contribution < 1.29 is 63.7 Å². The Labute approximate surface area is 297 Å². The second-order valence-corrected chi connectivity index (χ2v) is 12.4. The molecule has 1 saturated heterocycles. The number of pyridine rings is 2. The number of benzene rings is 1. The minimum Gasteiger partial charge on any atom is -0.481 e. The van der Waals surface area contributed by atoms with Crippen molar-refractivity contribution in [3.63, 3.8) is 0 Å². The number of alkyl halides is 9. The minimum absolute atomic E-state index is 0.00249. The lowest BCUT2D eigenvalue weighted by molar-refractivity contribution is -0.143. The van der Waals surface area contributed by atoms with Gasteiger partial charge in [-0.25, -0.2) is 14.8 Å². The van der Waals surface area contributed by atoms with E-state index in [2.05, 4.69) is 9.97 Å². The number of anilines is 3. The number of hydrogen-bond acceptors (Lipinski definition) is 8. The van der Waals surface area contributed by atoms with E-state index in [4.69, 9.17) is 14.6 Å². The Morgan fingerprint density at radius 3 is 2.15 bits per heavy atom. The number of carbonyl (C=O) groups is 2. The van der Waals surface area contributed by atoms with Gasteiger partial charge in [0.1, 0.15) is 11.5 Å². The fourth-order valence-electron chi connectivity index (χ4n) is 6.28. The molecule has 19 heteroatoms. The maximum absolute atomic E-state index is 14.1. The summed E-state index contributed by atoms with van der Waals surface area (Å²) in [5.41, 5.74) is -4.85. The zero-order valence-corrected chi connectivity index (χ0v) is 28.1. The molecule has 2 atom stereocenters. The fraction of sp³-hybridized carbons (Fsp3) is 0.471. The number of aliphatic carboxylic acids is 1. The summed E-state index contributed by atoms with van der Waals surface area (Å²) in [6.45, 7) is 2.52. The van der Waals surface area contributed by atoms with Gasteiger partial charge in [-0.05, 0) is 67.3 Å². The second-order valence-electron chi connectivity index (χ2n) is 12.4. The van der Waals surface area contributed by atoms with Gasteiger partial charge in [-0.15, -0.1) is 0 Å². The summed E-state index contributed by atoms with van der Waals surface area (Å²) in [6.07, 6.45) is -15.3. The van der Waals surface area contributed by atoms with Crippen LogP contribution < -0.4 is 14.7 Å². The van der Waals surface area contributed by atoms with Gasteiger partial charge < -0.3 is 24.4 Å². The molecule has 5 rings (SSSR count). The number of rotatable bonds is 10. The molecule has 1 amide bonds. The van der Waals surface area contributed by atoms with Crippen LogP contribution in [-0.2, 0) is 39.3 Å². The number of morpholine rings is 1. The largest absolute Gasteiger partial charge is 0.481 e. The lowest BCUT2D eigenvalue weighted by Crippen LogP contribution is -2.48. The summed E-state index contributed by atoms with van der Waals surface area (Å²) in [7, 11) is 0. The van der Waals surface area contributed by atoms with Crippen molar-refractivity contribution in [2.24, 2.45) is 0 Å². The molecule has 4 heterocycles. The number of ether oxygens (including phenoxy) is 2. The summed E-state index contributed by atoms with van der Waals surface area (Å²) in [5, 5.41) is 8.92. The molecule has 1 aromatic carbocycles. The van der Waals surface area contributed by atoms with E-state index in [1.165, 1.54) is 17.2 Å². The zero-order chi connectivity index (χ0) is 38.7. The summed E-state index contributed by atoms with van der Waals surface area (Å²) >= 11 is 0. The van der Waals surface area contributed by atoms with Crippen LogP contribution in [-0.4, -0.2) is 66.1 Å². The summed E-state index contributed by atoms with van der Waals surface area (Å²) in [5.74, 6) is -1.14. The molecule has 2 aliphatic heterocycles. The zero-order valence-electron chi connectivity index (χ0n) is 28.1. The predicted molar refractivity (Wildman–Crippen MR) is 171 cm³/mol. The summed E-state index contributed by atoms with van der Waals surface area (Å²) in [6, 6.07) is 3.67. The van der Waals surface area contributed by atoms with Gasteiger partial charge in [-0.2, -0.15) is 39.5 Å². The first-order chi connectivity index (χ1) is 24.9. The van der Waals surface area contributed by atoms with Crippen molar-refractivity contribution in [1.82, 2.24) is 9.97 Å². The highest BCUT2D eigenvalue weighted by atomic mass is 19.4. The number of carboxylic acid groups (broad SMARTS) is 1. The number of carbonyl (C=O) groups excluding carboxylic acids is 1. The van der Waals surface area contributed by atoms with E-state index in [9.17, 15) is 49.1 Å². The van der Waals surface area contributed by atoms with Gasteiger partial charge in [0.2, 0.25) is 0 Å². The number of hydrogen-bond donors (Lipinski definition) is 1. The van der Waals surface area contributed by atoms with Gasteiger partial charge in [0.15, 0.2) is 0 Å². The lowest BCUT2D eigenvalue weighted by Gasteiger charge is -2.44. The van der Waals surface area contributed by atoms with Gasteiger partial charge in [-0.3, -0.25) is 9.69 Å². The first-order valence-corrected chi connectivity index (χ1v) is 16.5. The van der Waals surface area contributed by atoms with E-state index >= 15 is 0 Å². The number of nitrogens with zero attached hydrogens (tertiary/aromatic N) is 5.